The lowest BCUT2D eigenvalue weighted by Gasteiger charge is -2.37. The van der Waals surface area contributed by atoms with Crippen LogP contribution in [0.15, 0.2) is 29.7 Å². The molecule has 8 nitrogen and oxygen atoms in total. The van der Waals surface area contributed by atoms with Crippen molar-refractivity contribution in [2.75, 3.05) is 32.8 Å². The summed E-state index contributed by atoms with van der Waals surface area (Å²) < 4.78 is 47.1. The van der Waals surface area contributed by atoms with Crippen LogP contribution in [-0.2, 0) is 24.3 Å². The van der Waals surface area contributed by atoms with Gasteiger partial charge in [-0.05, 0) is 24.5 Å². The zero-order chi connectivity index (χ0) is 24.2. The van der Waals surface area contributed by atoms with Crippen molar-refractivity contribution >= 4 is 39.3 Å². The highest BCUT2D eigenvalue weighted by atomic mass is 35.5. The van der Waals surface area contributed by atoms with E-state index in [0.717, 1.165) is 0 Å². The van der Waals surface area contributed by atoms with Crippen molar-refractivity contribution in [1.82, 2.24) is 14.5 Å². The molecule has 2 aliphatic heterocycles. The standard InChI is InChI=1S/C22H29ClFN3O5S/c1-3-15(2)20(22(29)26-10-12-32-13-11-26)27-9-8-19(21(27)28)25-33(30,31)14-18(24)16-4-6-17(23)7-5-16/h4-7,14-15,19-20,25H,3,8-13H2,1-2H3/b18-14-/t15-,19-,20-/m0/s1. The molecule has 0 radical (unpaired) electrons. The van der Waals surface area contributed by atoms with Gasteiger partial charge >= 0.3 is 0 Å². The molecule has 0 saturated carbocycles. The molecule has 3 atom stereocenters. The Hall–Kier alpha value is -2.01. The van der Waals surface area contributed by atoms with E-state index in [2.05, 4.69) is 4.72 Å². The molecule has 0 aromatic heterocycles. The number of nitrogens with one attached hydrogen (secondary N) is 1. The fraction of sp³-hybridized carbons (Fsp3) is 0.545. The number of carbonyl (C=O) groups excluding carboxylic acids is 2. The first-order valence-corrected chi connectivity index (χ1v) is 12.9. The molecule has 2 heterocycles. The Labute approximate surface area is 198 Å². The monoisotopic (exact) mass is 501 g/mol. The summed E-state index contributed by atoms with van der Waals surface area (Å²) in [6, 6.07) is 3.87. The van der Waals surface area contributed by atoms with E-state index in [1.54, 1.807) is 4.90 Å². The Morgan fingerprint density at radius 2 is 1.91 bits per heavy atom. The minimum atomic E-state index is -4.25. The number of halogens is 2. The van der Waals surface area contributed by atoms with Crippen LogP contribution in [0.1, 0.15) is 32.3 Å². The predicted octanol–water partition coefficient (Wildman–Crippen LogP) is 2.40. The van der Waals surface area contributed by atoms with Crippen molar-refractivity contribution in [1.29, 1.82) is 0 Å². The number of hydrogen-bond acceptors (Lipinski definition) is 5. The van der Waals surface area contributed by atoms with Crippen LogP contribution < -0.4 is 4.72 Å². The third-order valence-electron chi connectivity index (χ3n) is 6.02. The van der Waals surface area contributed by atoms with Crippen molar-refractivity contribution in [2.45, 2.75) is 38.8 Å². The van der Waals surface area contributed by atoms with Crippen LogP contribution in [0.2, 0.25) is 5.02 Å². The summed E-state index contributed by atoms with van der Waals surface area (Å²) in [4.78, 5) is 29.5. The Bertz CT molecular complexity index is 996. The number of likely N-dealkylation sites (tertiary alicyclic amines) is 1. The molecular formula is C22H29ClFN3O5S. The van der Waals surface area contributed by atoms with Crippen LogP contribution in [0.4, 0.5) is 4.39 Å². The van der Waals surface area contributed by atoms with E-state index in [1.165, 1.54) is 29.2 Å². The fourth-order valence-corrected chi connectivity index (χ4v) is 5.23. The number of morpholine rings is 1. The van der Waals surface area contributed by atoms with Crippen molar-refractivity contribution in [3.63, 3.8) is 0 Å². The lowest BCUT2D eigenvalue weighted by molar-refractivity contribution is -0.149. The molecule has 2 saturated heterocycles. The third-order valence-corrected chi connectivity index (χ3v) is 7.40. The molecule has 0 spiro atoms. The van der Waals surface area contributed by atoms with Crippen LogP contribution in [0.5, 0.6) is 0 Å². The number of hydrogen-bond donors (Lipinski definition) is 1. The average molecular weight is 502 g/mol. The maximum Gasteiger partial charge on any atom is 0.245 e. The normalized spacial score (nSPS) is 21.9. The lowest BCUT2D eigenvalue weighted by Crippen LogP contribution is -2.56. The molecule has 0 bridgehead atoms. The highest BCUT2D eigenvalue weighted by Gasteiger charge is 2.43. The summed E-state index contributed by atoms with van der Waals surface area (Å²) >= 11 is 5.77. The number of amides is 2. The van der Waals surface area contributed by atoms with E-state index in [4.69, 9.17) is 16.3 Å². The zero-order valence-electron chi connectivity index (χ0n) is 18.7. The number of nitrogens with zero attached hydrogens (tertiary/aromatic N) is 2. The minimum absolute atomic E-state index is 0.0529. The fourth-order valence-electron chi connectivity index (χ4n) is 4.01. The van der Waals surface area contributed by atoms with E-state index < -0.39 is 33.8 Å². The largest absolute Gasteiger partial charge is 0.378 e. The van der Waals surface area contributed by atoms with E-state index in [1.807, 2.05) is 13.8 Å². The van der Waals surface area contributed by atoms with E-state index in [-0.39, 0.29) is 30.4 Å². The van der Waals surface area contributed by atoms with Crippen LogP contribution in [0.3, 0.4) is 0 Å². The summed E-state index contributed by atoms with van der Waals surface area (Å²) in [5.74, 6) is -1.72. The second-order valence-corrected chi connectivity index (χ2v) is 10.3. The van der Waals surface area contributed by atoms with Crippen molar-refractivity contribution in [3.8, 4) is 0 Å². The average Bonchev–Trinajstić information content (AvgIpc) is 3.13. The van der Waals surface area contributed by atoms with Gasteiger partial charge in [-0.15, -0.1) is 0 Å². The van der Waals surface area contributed by atoms with Crippen LogP contribution in [0.25, 0.3) is 5.83 Å². The van der Waals surface area contributed by atoms with Gasteiger partial charge in [-0.25, -0.2) is 12.8 Å². The molecule has 0 aliphatic carbocycles. The molecule has 0 unspecified atom stereocenters. The highest BCUT2D eigenvalue weighted by molar-refractivity contribution is 7.92. The lowest BCUT2D eigenvalue weighted by atomic mass is 9.96. The van der Waals surface area contributed by atoms with Crippen LogP contribution >= 0.6 is 11.6 Å². The summed E-state index contributed by atoms with van der Waals surface area (Å²) in [7, 11) is -4.25. The van der Waals surface area contributed by atoms with Gasteiger partial charge in [-0.3, -0.25) is 9.59 Å². The first kappa shape index (κ1) is 25.6. The summed E-state index contributed by atoms with van der Waals surface area (Å²) in [6.07, 6.45) is 0.869. The Kier molecular flexibility index (Phi) is 8.49. The van der Waals surface area contributed by atoms with Gasteiger partial charge in [-0.1, -0.05) is 44.0 Å². The number of carbonyl (C=O) groups is 2. The summed E-state index contributed by atoms with van der Waals surface area (Å²) in [5.41, 5.74) is 0.0529. The molecule has 1 N–H and O–H groups in total. The maximum atomic E-state index is 14.4. The first-order valence-electron chi connectivity index (χ1n) is 11.0. The molecule has 33 heavy (non-hydrogen) atoms. The van der Waals surface area contributed by atoms with Gasteiger partial charge in [0.05, 0.1) is 18.6 Å². The molecule has 3 rings (SSSR count). The molecule has 1 aromatic carbocycles. The highest BCUT2D eigenvalue weighted by Crippen LogP contribution is 2.25. The van der Waals surface area contributed by atoms with Gasteiger partial charge in [0.1, 0.15) is 17.9 Å². The Morgan fingerprint density at radius 3 is 2.52 bits per heavy atom. The second kappa shape index (κ2) is 10.9. The third kappa shape index (κ3) is 6.32. The Morgan fingerprint density at radius 1 is 1.27 bits per heavy atom. The van der Waals surface area contributed by atoms with Gasteiger partial charge in [0.15, 0.2) is 0 Å². The molecule has 11 heteroatoms. The van der Waals surface area contributed by atoms with E-state index in [0.29, 0.717) is 43.2 Å². The number of sulfonamides is 1. The number of benzene rings is 1. The van der Waals surface area contributed by atoms with Gasteiger partial charge < -0.3 is 14.5 Å². The molecule has 2 amide bonds. The topological polar surface area (TPSA) is 96.0 Å². The van der Waals surface area contributed by atoms with Crippen molar-refractivity contribution < 1.29 is 27.1 Å². The SMILES string of the molecule is CC[C@H](C)[C@@H](C(=O)N1CCOCC1)N1CC[C@H](NS(=O)(=O)/C=C(\F)c2ccc(Cl)cc2)C1=O. The van der Waals surface area contributed by atoms with E-state index >= 15 is 0 Å². The molecule has 1 aromatic rings. The molecule has 2 fully saturated rings. The number of ether oxygens (including phenoxy) is 1. The molecule has 2 aliphatic rings. The van der Waals surface area contributed by atoms with Crippen molar-refractivity contribution in [3.05, 3.63) is 40.3 Å². The van der Waals surface area contributed by atoms with E-state index in [9.17, 15) is 22.4 Å². The first-order chi connectivity index (χ1) is 15.6. The minimum Gasteiger partial charge on any atom is -0.378 e. The van der Waals surface area contributed by atoms with Crippen LogP contribution in [-0.4, -0.2) is 75.0 Å². The van der Waals surface area contributed by atoms with Gasteiger partial charge in [0.2, 0.25) is 21.8 Å². The smallest absolute Gasteiger partial charge is 0.245 e. The Balaban J connectivity index is 1.73. The van der Waals surface area contributed by atoms with Gasteiger partial charge in [-0.2, -0.15) is 4.72 Å². The van der Waals surface area contributed by atoms with Crippen LogP contribution in [0, 0.1) is 5.92 Å². The quantitative estimate of drug-likeness (QED) is 0.590. The predicted molar refractivity (Wildman–Crippen MR) is 123 cm³/mol. The number of rotatable bonds is 8. The zero-order valence-corrected chi connectivity index (χ0v) is 20.2. The molecular weight excluding hydrogens is 473 g/mol. The maximum absolute atomic E-state index is 14.4. The van der Waals surface area contributed by atoms with Gasteiger partial charge in [0.25, 0.3) is 0 Å². The van der Waals surface area contributed by atoms with Crippen molar-refractivity contribution in [2.24, 2.45) is 5.92 Å². The van der Waals surface area contributed by atoms with Gasteiger partial charge in [0, 0.05) is 30.2 Å². The summed E-state index contributed by atoms with van der Waals surface area (Å²) in [5, 5.41) is 0.851. The summed E-state index contributed by atoms with van der Waals surface area (Å²) in [6.45, 7) is 5.88. The molecule has 182 valence electrons. The second-order valence-electron chi connectivity index (χ2n) is 8.28.